The fraction of sp³-hybridized carbons (Fsp3) is 0.103. The van der Waals surface area contributed by atoms with Gasteiger partial charge >= 0.3 is 11.8 Å². The van der Waals surface area contributed by atoms with Crippen LogP contribution in [0.5, 0.6) is 5.75 Å². The Morgan fingerprint density at radius 2 is 1.65 bits per heavy atom. The molecule has 0 aliphatic heterocycles. The summed E-state index contributed by atoms with van der Waals surface area (Å²) >= 11 is 1.17. The maximum absolute atomic E-state index is 12.4. The number of carbonyl (C=O) groups is 2. The summed E-state index contributed by atoms with van der Waals surface area (Å²) in [5.41, 5.74) is 6.13. The highest BCUT2D eigenvalue weighted by Crippen LogP contribution is 2.26. The van der Waals surface area contributed by atoms with Crippen LogP contribution in [0.25, 0.3) is 27.5 Å². The van der Waals surface area contributed by atoms with Gasteiger partial charge in [0, 0.05) is 22.9 Å². The van der Waals surface area contributed by atoms with Gasteiger partial charge in [-0.3, -0.25) is 14.9 Å². The lowest BCUT2D eigenvalue weighted by Crippen LogP contribution is -2.32. The van der Waals surface area contributed by atoms with Gasteiger partial charge in [0.1, 0.15) is 16.5 Å². The van der Waals surface area contributed by atoms with Crippen LogP contribution in [0.1, 0.15) is 18.9 Å². The molecule has 0 radical (unpaired) electrons. The van der Waals surface area contributed by atoms with Gasteiger partial charge in [0.2, 0.25) is 5.13 Å². The largest absolute Gasteiger partial charge is 0.494 e. The number of rotatable bonds is 9. The molecule has 11 heteroatoms. The minimum atomic E-state index is -0.942. The zero-order valence-electron chi connectivity index (χ0n) is 21.5. The van der Waals surface area contributed by atoms with E-state index in [-0.39, 0.29) is 5.13 Å². The topological polar surface area (TPSA) is 123 Å². The Morgan fingerprint density at radius 1 is 0.925 bits per heavy atom. The van der Waals surface area contributed by atoms with Crippen molar-refractivity contribution in [2.45, 2.75) is 13.3 Å². The van der Waals surface area contributed by atoms with E-state index in [1.807, 2.05) is 84.9 Å². The molecule has 0 unspecified atom stereocenters. The number of carbonyl (C=O) groups excluding carboxylic acids is 2. The first-order valence-electron chi connectivity index (χ1n) is 12.5. The normalized spacial score (nSPS) is 10.9. The zero-order chi connectivity index (χ0) is 27.7. The number of hydrazone groups is 1. The Kier molecular flexibility index (Phi) is 8.32. The van der Waals surface area contributed by atoms with Gasteiger partial charge in [-0.25, -0.2) is 10.1 Å². The number of nitrogens with zero attached hydrogens (tertiary/aromatic N) is 5. The van der Waals surface area contributed by atoms with Crippen LogP contribution < -0.4 is 15.5 Å². The standard InChI is InChI=1S/C29H25N7O3S/c1-2-17-39-24-15-13-20(14-16-24)25-22(19-36(35-25)23-11-7-4-8-12-23)18-30-32-27(38)26(37)31-29-34-33-28(40-29)21-9-5-3-6-10-21/h3-16,18-19H,2,17H2,1H3,(H,32,38)(H,31,34,37)/b30-18+. The summed E-state index contributed by atoms with van der Waals surface area (Å²) in [6.45, 7) is 2.69. The third-order valence-corrected chi connectivity index (χ3v) is 6.49. The van der Waals surface area contributed by atoms with Crippen molar-refractivity contribution in [3.8, 4) is 33.3 Å². The molecule has 200 valence electrons. The Bertz CT molecular complexity index is 1610. The molecule has 2 aromatic heterocycles. The van der Waals surface area contributed by atoms with E-state index in [9.17, 15) is 9.59 Å². The van der Waals surface area contributed by atoms with E-state index in [4.69, 9.17) is 9.84 Å². The van der Waals surface area contributed by atoms with E-state index in [2.05, 4.69) is 33.0 Å². The number of benzene rings is 3. The molecule has 5 aromatic rings. The van der Waals surface area contributed by atoms with Gasteiger partial charge in [-0.15, -0.1) is 10.2 Å². The highest BCUT2D eigenvalue weighted by molar-refractivity contribution is 7.18. The molecule has 2 N–H and O–H groups in total. The number of anilines is 1. The van der Waals surface area contributed by atoms with Crippen LogP contribution in [0.4, 0.5) is 5.13 Å². The summed E-state index contributed by atoms with van der Waals surface area (Å²) in [6, 6.07) is 26.7. The van der Waals surface area contributed by atoms with Crippen molar-refractivity contribution in [1.29, 1.82) is 0 Å². The van der Waals surface area contributed by atoms with Crippen molar-refractivity contribution in [1.82, 2.24) is 25.4 Å². The van der Waals surface area contributed by atoms with Crippen molar-refractivity contribution < 1.29 is 14.3 Å². The number of hydrogen-bond donors (Lipinski definition) is 2. The molecule has 10 nitrogen and oxygen atoms in total. The van der Waals surface area contributed by atoms with Crippen molar-refractivity contribution in [2.24, 2.45) is 5.10 Å². The summed E-state index contributed by atoms with van der Waals surface area (Å²) in [5, 5.41) is 20.0. The second kappa shape index (κ2) is 12.6. The second-order valence-corrected chi connectivity index (χ2v) is 9.50. The van der Waals surface area contributed by atoms with Gasteiger partial charge in [0.25, 0.3) is 0 Å². The zero-order valence-corrected chi connectivity index (χ0v) is 22.3. The monoisotopic (exact) mass is 551 g/mol. The highest BCUT2D eigenvalue weighted by atomic mass is 32.1. The maximum atomic E-state index is 12.4. The van der Waals surface area contributed by atoms with Crippen LogP contribution in [0, 0.1) is 0 Å². The number of aromatic nitrogens is 4. The fourth-order valence-electron chi connectivity index (χ4n) is 3.68. The lowest BCUT2D eigenvalue weighted by atomic mass is 10.1. The molecule has 40 heavy (non-hydrogen) atoms. The first-order valence-corrected chi connectivity index (χ1v) is 13.3. The van der Waals surface area contributed by atoms with Crippen LogP contribution >= 0.6 is 11.3 Å². The molecule has 2 amide bonds. The summed E-state index contributed by atoms with van der Waals surface area (Å²) in [6.07, 6.45) is 4.17. The number of para-hydroxylation sites is 1. The number of hydrogen-bond acceptors (Lipinski definition) is 8. The third-order valence-electron chi connectivity index (χ3n) is 5.61. The molecule has 2 heterocycles. The van der Waals surface area contributed by atoms with Crippen LogP contribution in [-0.4, -0.2) is 44.6 Å². The SMILES string of the molecule is CCCOc1ccc(-c2nn(-c3ccccc3)cc2/C=N/NC(=O)C(=O)Nc2nnc(-c3ccccc3)s2)cc1. The molecule has 0 fully saturated rings. The highest BCUT2D eigenvalue weighted by Gasteiger charge is 2.17. The lowest BCUT2D eigenvalue weighted by molar-refractivity contribution is -0.136. The van der Waals surface area contributed by atoms with Crippen molar-refractivity contribution in [2.75, 3.05) is 11.9 Å². The molecule has 0 bridgehead atoms. The number of amides is 2. The van der Waals surface area contributed by atoms with E-state index in [0.717, 1.165) is 29.0 Å². The fourth-order valence-corrected chi connectivity index (χ4v) is 4.43. The maximum Gasteiger partial charge on any atom is 0.329 e. The average Bonchev–Trinajstić information content (AvgIpc) is 3.65. The van der Waals surface area contributed by atoms with Crippen LogP contribution in [0.3, 0.4) is 0 Å². The second-order valence-electron chi connectivity index (χ2n) is 8.52. The average molecular weight is 552 g/mol. The molecular weight excluding hydrogens is 526 g/mol. The minimum absolute atomic E-state index is 0.209. The predicted molar refractivity (Wildman–Crippen MR) is 154 cm³/mol. The van der Waals surface area contributed by atoms with Gasteiger partial charge in [0.05, 0.1) is 18.5 Å². The van der Waals surface area contributed by atoms with Crippen LogP contribution in [0.2, 0.25) is 0 Å². The van der Waals surface area contributed by atoms with Gasteiger partial charge in [0.15, 0.2) is 0 Å². The Morgan fingerprint density at radius 3 is 2.38 bits per heavy atom. The van der Waals surface area contributed by atoms with Gasteiger partial charge in [-0.1, -0.05) is 66.8 Å². The van der Waals surface area contributed by atoms with E-state index < -0.39 is 11.8 Å². The predicted octanol–water partition coefficient (Wildman–Crippen LogP) is 4.94. The smallest absolute Gasteiger partial charge is 0.329 e. The molecule has 3 aromatic carbocycles. The van der Waals surface area contributed by atoms with Crippen molar-refractivity contribution in [3.05, 3.63) is 96.7 Å². The summed E-state index contributed by atoms with van der Waals surface area (Å²) in [4.78, 5) is 24.8. The van der Waals surface area contributed by atoms with E-state index in [1.54, 1.807) is 10.9 Å². The van der Waals surface area contributed by atoms with Gasteiger partial charge in [-0.2, -0.15) is 10.2 Å². The third kappa shape index (κ3) is 6.45. The molecule has 0 atom stereocenters. The van der Waals surface area contributed by atoms with Crippen LogP contribution in [-0.2, 0) is 9.59 Å². The molecule has 0 aliphatic rings. The molecule has 0 aliphatic carbocycles. The molecule has 5 rings (SSSR count). The molecule has 0 saturated heterocycles. The summed E-state index contributed by atoms with van der Waals surface area (Å²) in [5.74, 6) is -1.08. The molecular formula is C29H25N7O3S. The Hall–Kier alpha value is -5.16. The number of nitrogens with one attached hydrogen (secondary N) is 2. The first-order chi connectivity index (χ1) is 19.6. The lowest BCUT2D eigenvalue weighted by Gasteiger charge is -2.05. The van der Waals surface area contributed by atoms with E-state index in [0.29, 0.717) is 22.9 Å². The number of ether oxygens (including phenoxy) is 1. The Labute approximate surface area is 234 Å². The summed E-state index contributed by atoms with van der Waals surface area (Å²) in [7, 11) is 0. The quantitative estimate of drug-likeness (QED) is 0.152. The van der Waals surface area contributed by atoms with Crippen molar-refractivity contribution >= 4 is 34.5 Å². The first kappa shape index (κ1) is 26.4. The molecule has 0 saturated carbocycles. The Balaban J connectivity index is 1.29. The van der Waals surface area contributed by atoms with Crippen LogP contribution in [0.15, 0.2) is 96.2 Å². The van der Waals surface area contributed by atoms with Gasteiger partial charge in [-0.05, 0) is 42.8 Å². The van der Waals surface area contributed by atoms with E-state index in [1.165, 1.54) is 17.6 Å². The minimum Gasteiger partial charge on any atom is -0.494 e. The van der Waals surface area contributed by atoms with E-state index >= 15 is 0 Å². The van der Waals surface area contributed by atoms with Crippen molar-refractivity contribution in [3.63, 3.8) is 0 Å². The van der Waals surface area contributed by atoms with Gasteiger partial charge < -0.3 is 4.74 Å². The molecule has 0 spiro atoms. The summed E-state index contributed by atoms with van der Waals surface area (Å²) < 4.78 is 7.41.